The molecule has 5 nitrogen and oxygen atoms in total. The van der Waals surface area contributed by atoms with Crippen molar-refractivity contribution in [1.29, 1.82) is 0 Å². The van der Waals surface area contributed by atoms with Crippen LogP contribution in [0.15, 0.2) is 89.8 Å². The monoisotopic (exact) mass is 428 g/mol. The van der Waals surface area contributed by atoms with Crippen LogP contribution in [-0.2, 0) is 0 Å². The Morgan fingerprint density at radius 2 is 1.40 bits per heavy atom. The molecule has 0 aliphatic rings. The Labute approximate surface area is 184 Å². The summed E-state index contributed by atoms with van der Waals surface area (Å²) in [4.78, 5) is 0.844. The lowest BCUT2D eigenvalue weighted by molar-refractivity contribution is 0.318. The zero-order valence-corrected chi connectivity index (χ0v) is 18.3. The van der Waals surface area contributed by atoms with Crippen LogP contribution in [-0.4, -0.2) is 28.8 Å². The van der Waals surface area contributed by atoms with Crippen molar-refractivity contribution in [1.82, 2.24) is 0 Å². The van der Waals surface area contributed by atoms with Crippen LogP contribution in [0.4, 0.5) is 5.69 Å². The fourth-order valence-corrected chi connectivity index (χ4v) is 2.53. The summed E-state index contributed by atoms with van der Waals surface area (Å²) in [6.45, 7) is 4.54. The highest BCUT2D eigenvalue weighted by Crippen LogP contribution is 2.17. The number of para-hydroxylation sites is 1. The number of aryl methyl sites for hydroxylation is 1. The lowest BCUT2D eigenvalue weighted by Crippen LogP contribution is -2.31. The largest absolute Gasteiger partial charge is 0.508 e. The van der Waals surface area contributed by atoms with E-state index in [9.17, 15) is 5.11 Å². The Kier molecular flexibility index (Phi) is 14.6. The number of anilines is 1. The van der Waals surface area contributed by atoms with E-state index >= 15 is 0 Å². The minimum atomic E-state index is 0. The quantitative estimate of drug-likeness (QED) is 0.284. The molecule has 0 fully saturated rings. The maximum absolute atomic E-state index is 9.22. The topological polar surface area (TPSA) is 101 Å². The number of benzene rings is 3. The van der Waals surface area contributed by atoms with Crippen molar-refractivity contribution in [2.45, 2.75) is 13.8 Å². The molecule has 0 radical (unpaired) electrons. The van der Waals surface area contributed by atoms with Crippen molar-refractivity contribution in [3.63, 3.8) is 0 Å². The molecule has 3 aromatic carbocycles. The van der Waals surface area contributed by atoms with Crippen LogP contribution >= 0.6 is 12.6 Å². The Morgan fingerprint density at radius 3 is 1.83 bits per heavy atom. The summed E-state index contributed by atoms with van der Waals surface area (Å²) in [7, 11) is 0. The summed E-state index contributed by atoms with van der Waals surface area (Å²) >= 11 is 4.43. The number of thiol groups is 1. The predicted octanol–water partition coefficient (Wildman–Crippen LogP) is 4.21. The molecule has 0 unspecified atom stereocenters. The number of hydrazine groups is 1. The van der Waals surface area contributed by atoms with Gasteiger partial charge in [0, 0.05) is 11.5 Å². The van der Waals surface area contributed by atoms with E-state index in [0.717, 1.165) is 16.2 Å². The average molecular weight is 429 g/mol. The maximum Gasteiger partial charge on any atom is 0.115 e. The molecule has 0 spiro atoms. The fraction of sp³-hybridized carbons (Fsp3) is 0.167. The van der Waals surface area contributed by atoms with Gasteiger partial charge in [-0.2, -0.15) is 0 Å². The van der Waals surface area contributed by atoms with Crippen LogP contribution in [0.2, 0.25) is 0 Å². The second-order valence-corrected chi connectivity index (χ2v) is 6.74. The second kappa shape index (κ2) is 16.1. The van der Waals surface area contributed by atoms with E-state index in [1.165, 1.54) is 5.56 Å². The summed E-state index contributed by atoms with van der Waals surface area (Å²) in [5.41, 5.74) is 3.24. The van der Waals surface area contributed by atoms with Crippen LogP contribution in [0, 0.1) is 6.92 Å². The lowest BCUT2D eigenvalue weighted by Gasteiger charge is -2.18. The third kappa shape index (κ3) is 11.9. The number of rotatable bonds is 4. The molecule has 0 aliphatic heterocycles. The molecule has 30 heavy (non-hydrogen) atoms. The lowest BCUT2D eigenvalue weighted by atomic mass is 10.2. The van der Waals surface area contributed by atoms with Crippen molar-refractivity contribution >= 4 is 24.4 Å². The van der Waals surface area contributed by atoms with Gasteiger partial charge in [0.2, 0.25) is 0 Å². The smallest absolute Gasteiger partial charge is 0.115 e. The van der Waals surface area contributed by atoms with E-state index in [2.05, 4.69) is 31.7 Å². The van der Waals surface area contributed by atoms with E-state index in [1.54, 1.807) is 24.1 Å². The Morgan fingerprint density at radius 1 is 0.933 bits per heavy atom. The number of phenols is 1. The molecule has 6 heteroatoms. The summed E-state index contributed by atoms with van der Waals surface area (Å²) in [6, 6.07) is 26.9. The van der Waals surface area contributed by atoms with Gasteiger partial charge in [-0.3, -0.25) is 0 Å². The number of nitrogens with two attached hydrogens (primary N) is 1. The molecule has 0 saturated carbocycles. The number of aromatic hydroxyl groups is 1. The molecule has 3 rings (SSSR count). The van der Waals surface area contributed by atoms with E-state index in [1.807, 2.05) is 66.7 Å². The van der Waals surface area contributed by atoms with E-state index in [0.29, 0.717) is 6.54 Å². The molecule has 0 bridgehead atoms. The molecular weight excluding hydrogens is 396 g/mol. The molecule has 0 heterocycles. The molecular formula is C24H32N2O3S. The highest BCUT2D eigenvalue weighted by atomic mass is 32.1. The standard InChI is InChI=1S/C15H16N2OS.C7H8.C2H6O.H2O/c16-17(13-4-2-1-3-5-13)11-15(19)10-12-6-8-14(18)9-7-12;1-7-5-3-2-4-6-7;1-2-3;/h1-10,18-19H,11,16H2;2-6H,1H3;3H,2H2,1H3;1H2/b15-10-;;;. The van der Waals surface area contributed by atoms with Crippen molar-refractivity contribution in [3.8, 4) is 5.75 Å². The third-order valence-electron chi connectivity index (χ3n) is 3.59. The molecule has 0 amide bonds. The number of aliphatic hydroxyl groups is 1. The van der Waals surface area contributed by atoms with Crippen molar-refractivity contribution in [3.05, 3.63) is 101 Å². The normalized spacial score (nSPS) is 9.83. The first-order valence-corrected chi connectivity index (χ1v) is 9.79. The Bertz CT molecular complexity index is 826. The first-order valence-electron chi connectivity index (χ1n) is 9.34. The molecule has 162 valence electrons. The van der Waals surface area contributed by atoms with Crippen molar-refractivity contribution in [2.75, 3.05) is 18.2 Å². The third-order valence-corrected chi connectivity index (χ3v) is 3.86. The van der Waals surface area contributed by atoms with E-state index < -0.39 is 0 Å². The van der Waals surface area contributed by atoms with Gasteiger partial charge in [-0.25, -0.2) is 5.84 Å². The first kappa shape index (κ1) is 27.2. The van der Waals surface area contributed by atoms with Gasteiger partial charge in [0.25, 0.3) is 0 Å². The first-order chi connectivity index (χ1) is 14.0. The average Bonchev–Trinajstić information content (AvgIpc) is 2.72. The number of hydrogen-bond acceptors (Lipinski definition) is 5. The molecule has 0 aromatic heterocycles. The van der Waals surface area contributed by atoms with Crippen LogP contribution < -0.4 is 10.9 Å². The zero-order valence-electron chi connectivity index (χ0n) is 17.4. The predicted molar refractivity (Wildman–Crippen MR) is 131 cm³/mol. The van der Waals surface area contributed by atoms with Crippen LogP contribution in [0.5, 0.6) is 5.75 Å². The van der Waals surface area contributed by atoms with Gasteiger partial charge < -0.3 is 20.7 Å². The van der Waals surface area contributed by atoms with Gasteiger partial charge >= 0.3 is 0 Å². The Hall–Kier alpha value is -2.77. The van der Waals surface area contributed by atoms with Gasteiger partial charge in [-0.15, -0.1) is 12.6 Å². The molecule has 6 N–H and O–H groups in total. The number of phenolic OH excluding ortho intramolecular Hbond substituents is 1. The molecule has 0 aliphatic carbocycles. The number of aliphatic hydroxyl groups excluding tert-OH is 1. The number of nitrogens with zero attached hydrogens (tertiary/aromatic N) is 1. The van der Waals surface area contributed by atoms with Gasteiger partial charge in [-0.05, 0) is 49.8 Å². The van der Waals surface area contributed by atoms with Crippen molar-refractivity contribution < 1.29 is 15.7 Å². The number of hydrogen-bond donors (Lipinski definition) is 4. The minimum absolute atomic E-state index is 0. The second-order valence-electron chi connectivity index (χ2n) is 6.16. The highest BCUT2D eigenvalue weighted by molar-refractivity contribution is 7.84. The fourth-order valence-electron chi connectivity index (χ4n) is 2.23. The molecule has 0 saturated heterocycles. The van der Waals surface area contributed by atoms with E-state index in [-0.39, 0.29) is 17.8 Å². The van der Waals surface area contributed by atoms with Gasteiger partial charge in [0.15, 0.2) is 0 Å². The summed E-state index contributed by atoms with van der Waals surface area (Å²) < 4.78 is 0. The van der Waals surface area contributed by atoms with Crippen LogP contribution in [0.25, 0.3) is 6.08 Å². The van der Waals surface area contributed by atoms with Crippen LogP contribution in [0.3, 0.4) is 0 Å². The van der Waals surface area contributed by atoms with Crippen LogP contribution in [0.1, 0.15) is 18.1 Å². The van der Waals surface area contributed by atoms with Gasteiger partial charge in [-0.1, -0.05) is 66.2 Å². The Balaban J connectivity index is 0.000000637. The summed E-state index contributed by atoms with van der Waals surface area (Å²) in [5.74, 6) is 6.23. The SMILES string of the molecule is CCO.Cc1ccccc1.NN(C/C(S)=C/c1ccc(O)cc1)c1ccccc1.O. The summed E-state index contributed by atoms with van der Waals surface area (Å²) in [6.07, 6.45) is 1.92. The zero-order chi connectivity index (χ0) is 21.5. The maximum atomic E-state index is 9.22. The van der Waals surface area contributed by atoms with Gasteiger partial charge in [0.05, 0.1) is 12.2 Å². The highest BCUT2D eigenvalue weighted by Gasteiger charge is 2.02. The van der Waals surface area contributed by atoms with Gasteiger partial charge in [0.1, 0.15) is 5.75 Å². The van der Waals surface area contributed by atoms with Crippen molar-refractivity contribution in [2.24, 2.45) is 5.84 Å². The molecule has 3 aromatic rings. The molecule has 0 atom stereocenters. The van der Waals surface area contributed by atoms with E-state index in [4.69, 9.17) is 10.9 Å². The summed E-state index contributed by atoms with van der Waals surface area (Å²) in [5, 5.41) is 18.4. The minimum Gasteiger partial charge on any atom is -0.508 e.